The average molecular weight is 225 g/mol. The fraction of sp³-hybridized carbons (Fsp3) is 0.800. The number of hydrogen-bond acceptors (Lipinski definition) is 6. The molecule has 6 nitrogen and oxygen atoms in total. The normalized spacial score (nSPS) is 30.8. The van der Waals surface area contributed by atoms with Crippen molar-refractivity contribution in [2.24, 2.45) is 0 Å². The van der Waals surface area contributed by atoms with Gasteiger partial charge in [0.15, 0.2) is 5.82 Å². The summed E-state index contributed by atoms with van der Waals surface area (Å²) in [5.74, 6) is 1.68. The minimum absolute atomic E-state index is 0.0392. The molecule has 2 fully saturated rings. The maximum absolute atomic E-state index is 5.36. The van der Waals surface area contributed by atoms with E-state index in [1.54, 1.807) is 0 Å². The lowest BCUT2D eigenvalue weighted by molar-refractivity contribution is 0.0659. The first-order chi connectivity index (χ1) is 7.93. The molecule has 2 atom stereocenters. The Labute approximate surface area is 93.3 Å². The summed E-state index contributed by atoms with van der Waals surface area (Å²) in [5, 5.41) is 7.30. The fourth-order valence-electron chi connectivity index (χ4n) is 2.02. The Morgan fingerprint density at radius 2 is 2.12 bits per heavy atom. The molecular formula is C10H15N3O3. The second-order valence-electron chi connectivity index (χ2n) is 4.13. The summed E-state index contributed by atoms with van der Waals surface area (Å²) in [4.78, 5) is 4.42. The Kier molecular flexibility index (Phi) is 2.86. The second kappa shape index (κ2) is 4.48. The summed E-state index contributed by atoms with van der Waals surface area (Å²) in [6, 6.07) is 0.0392. The van der Waals surface area contributed by atoms with Crippen molar-refractivity contribution in [2.45, 2.75) is 18.4 Å². The Balaban J connectivity index is 1.71. The van der Waals surface area contributed by atoms with Gasteiger partial charge in [0.1, 0.15) is 6.04 Å². The van der Waals surface area contributed by atoms with E-state index in [0.717, 1.165) is 32.0 Å². The molecule has 2 saturated heterocycles. The van der Waals surface area contributed by atoms with E-state index in [-0.39, 0.29) is 6.04 Å². The molecule has 0 bridgehead atoms. The molecule has 0 amide bonds. The molecule has 0 spiro atoms. The number of nitrogens with zero attached hydrogens (tertiary/aromatic N) is 2. The Bertz CT molecular complexity index is 343. The third-order valence-corrected chi connectivity index (χ3v) is 2.97. The van der Waals surface area contributed by atoms with Crippen molar-refractivity contribution in [3.8, 4) is 0 Å². The van der Waals surface area contributed by atoms with Crippen LogP contribution in [0.25, 0.3) is 0 Å². The van der Waals surface area contributed by atoms with Crippen LogP contribution in [0.2, 0.25) is 0 Å². The van der Waals surface area contributed by atoms with Gasteiger partial charge in [-0.3, -0.25) is 0 Å². The SMILES string of the molecule is C1COCC(c2nc(C3CCOC3)no2)N1. The van der Waals surface area contributed by atoms with Gasteiger partial charge in [0.05, 0.1) is 19.8 Å². The lowest BCUT2D eigenvalue weighted by atomic mass is 10.1. The molecule has 1 aromatic heterocycles. The predicted molar refractivity (Wildman–Crippen MR) is 54.0 cm³/mol. The van der Waals surface area contributed by atoms with Crippen molar-refractivity contribution >= 4 is 0 Å². The van der Waals surface area contributed by atoms with Crippen LogP contribution in [0.1, 0.15) is 30.1 Å². The molecule has 88 valence electrons. The van der Waals surface area contributed by atoms with Crippen LogP contribution in [-0.4, -0.2) is 43.1 Å². The third-order valence-electron chi connectivity index (χ3n) is 2.97. The van der Waals surface area contributed by atoms with Crippen LogP contribution in [0.5, 0.6) is 0 Å². The number of ether oxygens (including phenoxy) is 2. The number of nitrogens with one attached hydrogen (secondary N) is 1. The number of rotatable bonds is 2. The van der Waals surface area contributed by atoms with Crippen LogP contribution in [0.4, 0.5) is 0 Å². The molecule has 0 aromatic carbocycles. The molecule has 0 aliphatic carbocycles. The maximum Gasteiger partial charge on any atom is 0.246 e. The van der Waals surface area contributed by atoms with Gasteiger partial charge in [-0.1, -0.05) is 5.16 Å². The van der Waals surface area contributed by atoms with Crippen LogP contribution in [0.15, 0.2) is 4.52 Å². The monoisotopic (exact) mass is 225 g/mol. The van der Waals surface area contributed by atoms with E-state index >= 15 is 0 Å². The van der Waals surface area contributed by atoms with Gasteiger partial charge in [-0.2, -0.15) is 4.98 Å². The summed E-state index contributed by atoms with van der Waals surface area (Å²) < 4.78 is 15.9. The van der Waals surface area contributed by atoms with Gasteiger partial charge >= 0.3 is 0 Å². The largest absolute Gasteiger partial charge is 0.381 e. The van der Waals surface area contributed by atoms with E-state index in [2.05, 4.69) is 15.5 Å². The van der Waals surface area contributed by atoms with Crippen molar-refractivity contribution in [1.29, 1.82) is 0 Å². The second-order valence-corrected chi connectivity index (χ2v) is 4.13. The van der Waals surface area contributed by atoms with Crippen molar-refractivity contribution in [3.63, 3.8) is 0 Å². The molecule has 3 rings (SSSR count). The molecule has 1 aromatic rings. The maximum atomic E-state index is 5.36. The zero-order valence-electron chi connectivity index (χ0n) is 9.02. The van der Waals surface area contributed by atoms with Crippen LogP contribution in [0.3, 0.4) is 0 Å². The van der Waals surface area contributed by atoms with E-state index in [1.165, 1.54) is 0 Å². The lowest BCUT2D eigenvalue weighted by Gasteiger charge is -2.20. The molecule has 6 heteroatoms. The van der Waals surface area contributed by atoms with Crippen molar-refractivity contribution < 1.29 is 14.0 Å². The van der Waals surface area contributed by atoms with Crippen molar-refractivity contribution in [3.05, 3.63) is 11.7 Å². The highest BCUT2D eigenvalue weighted by Crippen LogP contribution is 2.24. The molecule has 3 heterocycles. The molecule has 2 unspecified atom stereocenters. The van der Waals surface area contributed by atoms with Gasteiger partial charge in [0.2, 0.25) is 5.89 Å². The molecule has 0 radical (unpaired) electrons. The quantitative estimate of drug-likeness (QED) is 0.777. The minimum atomic E-state index is 0.0392. The van der Waals surface area contributed by atoms with Crippen LogP contribution in [-0.2, 0) is 9.47 Å². The number of aromatic nitrogens is 2. The van der Waals surface area contributed by atoms with Gasteiger partial charge in [-0.15, -0.1) is 0 Å². The van der Waals surface area contributed by atoms with Gasteiger partial charge in [0.25, 0.3) is 0 Å². The Morgan fingerprint density at radius 1 is 1.19 bits per heavy atom. The van der Waals surface area contributed by atoms with E-state index in [1.807, 2.05) is 0 Å². The highest BCUT2D eigenvalue weighted by molar-refractivity contribution is 5.00. The van der Waals surface area contributed by atoms with E-state index in [9.17, 15) is 0 Å². The van der Waals surface area contributed by atoms with E-state index < -0.39 is 0 Å². The first-order valence-corrected chi connectivity index (χ1v) is 5.66. The van der Waals surface area contributed by atoms with Crippen LogP contribution >= 0.6 is 0 Å². The Morgan fingerprint density at radius 3 is 2.88 bits per heavy atom. The zero-order valence-corrected chi connectivity index (χ0v) is 9.02. The summed E-state index contributed by atoms with van der Waals surface area (Å²) in [5.41, 5.74) is 0. The Hall–Kier alpha value is -0.980. The predicted octanol–water partition coefficient (Wildman–Crippen LogP) is 0.234. The summed E-state index contributed by atoms with van der Waals surface area (Å²) >= 11 is 0. The molecule has 1 N–H and O–H groups in total. The van der Waals surface area contributed by atoms with Gasteiger partial charge in [-0.25, -0.2) is 0 Å². The summed E-state index contributed by atoms with van der Waals surface area (Å²) in [7, 11) is 0. The van der Waals surface area contributed by atoms with Gasteiger partial charge < -0.3 is 19.3 Å². The van der Waals surface area contributed by atoms with E-state index in [0.29, 0.717) is 25.0 Å². The lowest BCUT2D eigenvalue weighted by Crippen LogP contribution is -2.34. The summed E-state index contributed by atoms with van der Waals surface area (Å²) in [6.07, 6.45) is 0.980. The summed E-state index contributed by atoms with van der Waals surface area (Å²) in [6.45, 7) is 3.67. The standard InChI is InChI=1S/C10H15N3O3/c1-3-14-5-7(1)9-12-10(16-13-9)8-6-15-4-2-11-8/h7-8,11H,1-6H2. The minimum Gasteiger partial charge on any atom is -0.381 e. The molecule has 2 aliphatic heterocycles. The first-order valence-electron chi connectivity index (χ1n) is 5.66. The zero-order chi connectivity index (χ0) is 10.8. The van der Waals surface area contributed by atoms with Crippen LogP contribution in [0, 0.1) is 0 Å². The highest BCUT2D eigenvalue weighted by atomic mass is 16.5. The van der Waals surface area contributed by atoms with Crippen LogP contribution < -0.4 is 5.32 Å². The average Bonchev–Trinajstić information content (AvgIpc) is 3.01. The van der Waals surface area contributed by atoms with Gasteiger partial charge in [-0.05, 0) is 6.42 Å². The van der Waals surface area contributed by atoms with E-state index in [4.69, 9.17) is 14.0 Å². The van der Waals surface area contributed by atoms with Gasteiger partial charge in [0, 0.05) is 19.1 Å². The van der Waals surface area contributed by atoms with Crippen molar-refractivity contribution in [2.75, 3.05) is 33.0 Å². The first kappa shape index (κ1) is 10.2. The van der Waals surface area contributed by atoms with Crippen molar-refractivity contribution in [1.82, 2.24) is 15.5 Å². The fourth-order valence-corrected chi connectivity index (χ4v) is 2.02. The number of morpholine rings is 1. The molecular weight excluding hydrogens is 210 g/mol. The third kappa shape index (κ3) is 1.95. The number of hydrogen-bond donors (Lipinski definition) is 1. The molecule has 16 heavy (non-hydrogen) atoms. The topological polar surface area (TPSA) is 69.4 Å². The molecule has 2 aliphatic rings. The smallest absolute Gasteiger partial charge is 0.246 e. The molecule has 0 saturated carbocycles. The highest BCUT2D eigenvalue weighted by Gasteiger charge is 2.26.